The molecule has 0 radical (unpaired) electrons. The van der Waals surface area contributed by atoms with Gasteiger partial charge in [-0.05, 0) is 90.9 Å². The van der Waals surface area contributed by atoms with Gasteiger partial charge in [0, 0.05) is 63.9 Å². The molecule has 0 amide bonds. The van der Waals surface area contributed by atoms with E-state index in [9.17, 15) is 24.9 Å². The molecule has 4 aliphatic carbocycles. The van der Waals surface area contributed by atoms with Crippen LogP contribution < -0.4 is 0 Å². The van der Waals surface area contributed by atoms with Gasteiger partial charge in [0.05, 0.1) is 42.7 Å². The van der Waals surface area contributed by atoms with E-state index in [-0.39, 0.29) is 42.9 Å². The van der Waals surface area contributed by atoms with Crippen LogP contribution in [0.3, 0.4) is 0 Å². The van der Waals surface area contributed by atoms with E-state index in [1.54, 1.807) is 28.3 Å². The molecular weight excluding hydrogens is 829 g/mol. The van der Waals surface area contributed by atoms with Crippen molar-refractivity contribution in [3.8, 4) is 0 Å². The molecule has 3 heterocycles. The monoisotopic (exact) mass is 907 g/mol. The van der Waals surface area contributed by atoms with Gasteiger partial charge < -0.3 is 62.7 Å². The van der Waals surface area contributed by atoms with Gasteiger partial charge in [-0.2, -0.15) is 0 Å². The van der Waals surface area contributed by atoms with Crippen molar-refractivity contribution >= 4 is 11.8 Å². The molecule has 0 aromatic heterocycles. The van der Waals surface area contributed by atoms with Crippen LogP contribution >= 0.6 is 0 Å². The largest absolute Gasteiger partial charge is 0.458 e. The predicted octanol–water partition coefficient (Wildman–Crippen LogP) is 5.47. The second-order valence-electron chi connectivity index (χ2n) is 20.9. The molecule has 3 N–H and O–H groups in total. The SMILES string of the molecule is COC1CC(OC2C(C)OC(OC3C(C)OC(OC4CCC5(C)C(=CCC6(O)C5CC(OC(=O)C=C(C)C(C)C)C5(C)C(C(C)=O)CCC65O)C4)CC3OC)CC2OC)OC(C)C1O. The number of carbonyl (C=O) groups is 2. The van der Waals surface area contributed by atoms with Gasteiger partial charge in [-0.3, -0.25) is 4.79 Å². The molecular formula is C49H78O15. The Morgan fingerprint density at radius 3 is 1.88 bits per heavy atom. The zero-order chi connectivity index (χ0) is 46.7. The molecule has 15 nitrogen and oxygen atoms in total. The molecule has 364 valence electrons. The average molecular weight is 907 g/mol. The molecule has 0 bridgehead atoms. The number of Topliss-reactive ketones (excluding diaryl/α,β-unsaturated/α-hetero) is 1. The molecule has 6 fully saturated rings. The van der Waals surface area contributed by atoms with Crippen LogP contribution in [0.15, 0.2) is 23.3 Å². The van der Waals surface area contributed by atoms with Crippen molar-refractivity contribution < 1.29 is 72.3 Å². The van der Waals surface area contributed by atoms with Crippen molar-refractivity contribution in [1.29, 1.82) is 0 Å². The van der Waals surface area contributed by atoms with Crippen LogP contribution in [0.4, 0.5) is 0 Å². The lowest BCUT2D eigenvalue weighted by Gasteiger charge is -2.66. The fourth-order valence-electron chi connectivity index (χ4n) is 13.0. The maximum absolute atomic E-state index is 13.5. The molecule has 7 rings (SSSR count). The molecule has 0 aromatic rings. The highest BCUT2D eigenvalue weighted by Gasteiger charge is 2.77. The summed E-state index contributed by atoms with van der Waals surface area (Å²) in [6.07, 6.45) is 1.32. The lowest BCUT2D eigenvalue weighted by atomic mass is 9.43. The minimum atomic E-state index is -1.65. The number of methoxy groups -OCH3 is 3. The molecule has 64 heavy (non-hydrogen) atoms. The second-order valence-corrected chi connectivity index (χ2v) is 20.9. The fraction of sp³-hybridized carbons (Fsp3) is 0.878. The number of fused-ring (bicyclic) bond motifs is 5. The van der Waals surface area contributed by atoms with Crippen molar-refractivity contribution in [2.24, 2.45) is 28.6 Å². The smallest absolute Gasteiger partial charge is 0.330 e. The van der Waals surface area contributed by atoms with Crippen LogP contribution in [-0.2, 0) is 57.0 Å². The zero-order valence-corrected chi connectivity index (χ0v) is 40.3. The molecule has 3 aliphatic heterocycles. The minimum Gasteiger partial charge on any atom is -0.458 e. The third-order valence-corrected chi connectivity index (χ3v) is 17.2. The molecule has 0 aromatic carbocycles. The number of aliphatic hydroxyl groups excluding tert-OH is 1. The van der Waals surface area contributed by atoms with E-state index >= 15 is 0 Å². The Hall–Kier alpha value is -1.86. The number of carbonyl (C=O) groups excluding carboxylic acids is 2. The number of rotatable bonds is 13. The first-order chi connectivity index (χ1) is 30.1. The second kappa shape index (κ2) is 19.3. The summed E-state index contributed by atoms with van der Waals surface area (Å²) < 4.78 is 62.3. The van der Waals surface area contributed by atoms with Crippen LogP contribution in [0.2, 0.25) is 0 Å². The zero-order valence-electron chi connectivity index (χ0n) is 40.3. The maximum atomic E-state index is 13.5. The van der Waals surface area contributed by atoms with Crippen molar-refractivity contribution in [3.05, 3.63) is 23.3 Å². The summed E-state index contributed by atoms with van der Waals surface area (Å²) in [7, 11) is 4.87. The molecule has 3 saturated heterocycles. The number of hydrogen-bond donors (Lipinski definition) is 3. The van der Waals surface area contributed by atoms with Crippen molar-refractivity contribution in [2.45, 2.75) is 224 Å². The number of allylic oxidation sites excluding steroid dienone is 1. The minimum absolute atomic E-state index is 0.0697. The highest BCUT2D eigenvalue weighted by atomic mass is 16.7. The van der Waals surface area contributed by atoms with Crippen LogP contribution in [-0.4, -0.2) is 146 Å². The Kier molecular flexibility index (Phi) is 15.1. The molecule has 15 heteroatoms. The Morgan fingerprint density at radius 1 is 0.781 bits per heavy atom. The van der Waals surface area contributed by atoms with Gasteiger partial charge in [-0.1, -0.05) is 44.9 Å². The number of ketones is 1. The number of ether oxygens (including phenoxy) is 10. The van der Waals surface area contributed by atoms with Crippen molar-refractivity contribution in [3.63, 3.8) is 0 Å². The lowest BCUT2D eigenvalue weighted by molar-refractivity contribution is -0.338. The Balaban J connectivity index is 0.998. The average Bonchev–Trinajstić information content (AvgIpc) is 3.54. The maximum Gasteiger partial charge on any atom is 0.330 e. The van der Waals surface area contributed by atoms with E-state index in [1.165, 1.54) is 13.0 Å². The van der Waals surface area contributed by atoms with E-state index in [1.807, 2.05) is 41.5 Å². The highest BCUT2D eigenvalue weighted by Crippen LogP contribution is 2.70. The van der Waals surface area contributed by atoms with Crippen molar-refractivity contribution in [1.82, 2.24) is 0 Å². The van der Waals surface area contributed by atoms with E-state index in [0.717, 1.165) is 11.1 Å². The number of esters is 1. The van der Waals surface area contributed by atoms with Crippen LogP contribution in [0.5, 0.6) is 0 Å². The van der Waals surface area contributed by atoms with Gasteiger partial charge in [0.15, 0.2) is 18.9 Å². The van der Waals surface area contributed by atoms with Gasteiger partial charge in [-0.15, -0.1) is 0 Å². The Bertz CT molecular complexity index is 1740. The highest BCUT2D eigenvalue weighted by molar-refractivity contribution is 5.83. The topological polar surface area (TPSA) is 187 Å². The van der Waals surface area contributed by atoms with E-state index in [2.05, 4.69) is 13.0 Å². The Morgan fingerprint density at radius 2 is 1.33 bits per heavy atom. The summed E-state index contributed by atoms with van der Waals surface area (Å²) in [4.78, 5) is 26.7. The van der Waals surface area contributed by atoms with E-state index < -0.39 is 108 Å². The van der Waals surface area contributed by atoms with Gasteiger partial charge in [0.2, 0.25) is 0 Å². The van der Waals surface area contributed by atoms with Gasteiger partial charge in [-0.25, -0.2) is 4.79 Å². The van der Waals surface area contributed by atoms with Crippen LogP contribution in [0, 0.1) is 28.6 Å². The summed E-state index contributed by atoms with van der Waals surface area (Å²) >= 11 is 0. The first-order valence-corrected chi connectivity index (χ1v) is 23.9. The molecule has 3 saturated carbocycles. The predicted molar refractivity (Wildman–Crippen MR) is 233 cm³/mol. The first-order valence-electron chi connectivity index (χ1n) is 23.9. The first kappa shape index (κ1) is 50.0. The molecule has 7 aliphatic rings. The summed E-state index contributed by atoms with van der Waals surface area (Å²) in [6, 6.07) is 0. The van der Waals surface area contributed by atoms with E-state index in [4.69, 9.17) is 47.4 Å². The quantitative estimate of drug-likeness (QED) is 0.120. The number of hydrogen-bond acceptors (Lipinski definition) is 15. The number of aliphatic hydroxyl groups is 3. The van der Waals surface area contributed by atoms with Gasteiger partial charge in [0.1, 0.15) is 41.4 Å². The van der Waals surface area contributed by atoms with Crippen LogP contribution in [0.1, 0.15) is 127 Å². The summed E-state index contributed by atoms with van der Waals surface area (Å²) in [5.74, 6) is -1.39. The third kappa shape index (κ3) is 8.85. The Labute approximate surface area is 380 Å². The molecule has 20 atom stereocenters. The molecule has 0 spiro atoms. The fourth-order valence-corrected chi connectivity index (χ4v) is 13.0. The third-order valence-electron chi connectivity index (χ3n) is 17.2. The van der Waals surface area contributed by atoms with Gasteiger partial charge in [0.25, 0.3) is 0 Å². The summed E-state index contributed by atoms with van der Waals surface area (Å²) in [5, 5.41) is 36.2. The van der Waals surface area contributed by atoms with Gasteiger partial charge >= 0.3 is 5.97 Å². The summed E-state index contributed by atoms with van der Waals surface area (Å²) in [5.41, 5.74) is -2.81. The molecule has 20 unspecified atom stereocenters. The van der Waals surface area contributed by atoms with E-state index in [0.29, 0.717) is 51.4 Å². The normalized spacial score (nSPS) is 48.5. The lowest BCUT2D eigenvalue weighted by Crippen LogP contribution is -2.75. The standard InChI is InChI=1S/C49H78O15/c1-25(2)26(3)19-39(51)62-38-24-37-46(8)16-14-32(20-31(46)13-17-48(37,53)49(54)18-15-33(27(4)50)47(38,49)9)61-40-22-35(56-11)44(29(6)59-40)64-42-23-36(57-12)45(30(7)60-42)63-41-21-34(55-10)43(52)28(5)58-41/h13,19,25,28-30,32-38,40-45,52-54H,14-18,20-24H2,1-12H3. The van der Waals surface area contributed by atoms with Crippen LogP contribution in [0.25, 0.3) is 0 Å². The van der Waals surface area contributed by atoms with Crippen molar-refractivity contribution in [2.75, 3.05) is 21.3 Å². The summed E-state index contributed by atoms with van der Waals surface area (Å²) in [6.45, 7) is 17.1.